The molecule has 4 N–H and O–H groups in total. The second kappa shape index (κ2) is 16.7. The minimum absolute atomic E-state index is 0.0227. The van der Waals surface area contributed by atoms with Crippen LogP contribution in [0.1, 0.15) is 57.4 Å². The monoisotopic (exact) mass is 763 g/mol. The average molecular weight is 764 g/mol. The van der Waals surface area contributed by atoms with E-state index in [0.717, 1.165) is 43.2 Å². The number of nitrogens with two attached hydrogens (primary N) is 1. The van der Waals surface area contributed by atoms with Gasteiger partial charge in [-0.15, -0.1) is 0 Å². The molecule has 1 amide bonds. The number of aliphatic carboxylic acids is 1. The van der Waals surface area contributed by atoms with Crippen molar-refractivity contribution in [2.75, 3.05) is 19.7 Å². The van der Waals surface area contributed by atoms with Crippen LogP contribution < -0.4 is 19.9 Å². The van der Waals surface area contributed by atoms with E-state index < -0.39 is 45.6 Å². The zero-order valence-electron chi connectivity index (χ0n) is 27.6. The highest BCUT2D eigenvalue weighted by Crippen LogP contribution is 2.38. The summed E-state index contributed by atoms with van der Waals surface area (Å²) >= 11 is 6.17. The van der Waals surface area contributed by atoms with Crippen molar-refractivity contribution in [3.05, 3.63) is 65.2 Å². The molecule has 0 radical (unpaired) electrons. The molecule has 1 aliphatic carbocycles. The molecule has 280 valence electrons. The van der Waals surface area contributed by atoms with Crippen LogP contribution in [0.25, 0.3) is 10.8 Å². The number of carbonyl (C=O) groups is 2. The fourth-order valence-electron chi connectivity index (χ4n) is 5.65. The van der Waals surface area contributed by atoms with Crippen molar-refractivity contribution in [3.63, 3.8) is 0 Å². The van der Waals surface area contributed by atoms with Crippen LogP contribution in [0.5, 0.6) is 11.5 Å². The van der Waals surface area contributed by atoms with Gasteiger partial charge in [0.1, 0.15) is 11.5 Å². The van der Waals surface area contributed by atoms with Crippen LogP contribution >= 0.6 is 11.6 Å². The van der Waals surface area contributed by atoms with E-state index in [0.29, 0.717) is 30.4 Å². The number of likely N-dealkylation sites (tertiary alicyclic amines) is 1. The van der Waals surface area contributed by atoms with E-state index >= 15 is 8.78 Å². The predicted octanol–water partition coefficient (Wildman–Crippen LogP) is 6.63. The van der Waals surface area contributed by atoms with Gasteiger partial charge in [0, 0.05) is 24.7 Å². The van der Waals surface area contributed by atoms with Crippen LogP contribution in [0.3, 0.4) is 0 Å². The number of hydrogen-bond acceptors (Lipinski definition) is 7. The summed E-state index contributed by atoms with van der Waals surface area (Å²) < 4.78 is 105. The first-order valence-corrected chi connectivity index (χ1v) is 18.2. The summed E-state index contributed by atoms with van der Waals surface area (Å²) in [6.07, 6.45) is 0.803. The molecule has 51 heavy (non-hydrogen) atoms. The number of nitrogens with one attached hydrogen (secondary N) is 1. The van der Waals surface area contributed by atoms with Gasteiger partial charge in [0.15, 0.2) is 6.04 Å². The number of benzene rings is 3. The number of alkyl halides is 5. The Hall–Kier alpha value is -3.73. The Balaban J connectivity index is 0.000000755. The molecule has 1 atom stereocenters. The summed E-state index contributed by atoms with van der Waals surface area (Å²) in [6.45, 7) is 2.38. The lowest BCUT2D eigenvalue weighted by Crippen LogP contribution is -2.58. The van der Waals surface area contributed by atoms with Crippen LogP contribution in [0, 0.1) is 0 Å². The minimum atomic E-state index is -5.08. The van der Waals surface area contributed by atoms with Crippen molar-refractivity contribution in [1.29, 1.82) is 0 Å². The molecule has 1 heterocycles. The molecule has 1 saturated carbocycles. The van der Waals surface area contributed by atoms with Crippen molar-refractivity contribution < 1.29 is 54.5 Å². The number of halogens is 6. The standard InChI is InChI=1S/C32H38ClF2N3O5S.C2HF3O2/c1-2-17-42-29-20-23(9-12-28(29)33)32(34,35)30(31(39)38-15-13-24(36)14-16-38)37-44(40,41)27-11-8-21-18-26(10-7-22(21)19-27)43-25-5-3-4-6-25;3-2(4,5)1(6)7/h7-12,18-20,24-25,30,37H,2-6,13-17,36H2,1H3;(H,6,7)/t30-;/m1./s1. The van der Waals surface area contributed by atoms with E-state index in [-0.39, 0.29) is 47.5 Å². The van der Waals surface area contributed by atoms with Gasteiger partial charge in [-0.1, -0.05) is 36.7 Å². The van der Waals surface area contributed by atoms with Gasteiger partial charge in [0.25, 0.3) is 5.92 Å². The number of carbonyl (C=O) groups excluding carboxylic acids is 1. The van der Waals surface area contributed by atoms with Crippen LogP contribution in [0.15, 0.2) is 59.5 Å². The predicted molar refractivity (Wildman–Crippen MR) is 180 cm³/mol. The third kappa shape index (κ3) is 10.4. The van der Waals surface area contributed by atoms with Crippen molar-refractivity contribution >= 4 is 44.3 Å². The SMILES string of the molecule is CCCOc1cc(C(F)(F)[C@H](NS(=O)(=O)c2ccc3cc(OC4CCCC4)ccc3c2)C(=O)N2CCC(N)CC2)ccc1Cl.O=C(O)C(F)(F)F. The first-order chi connectivity index (χ1) is 23.9. The Morgan fingerprint density at radius 1 is 0.980 bits per heavy atom. The van der Waals surface area contributed by atoms with Gasteiger partial charge in [-0.05, 0) is 92.1 Å². The second-order valence-electron chi connectivity index (χ2n) is 12.3. The molecule has 2 aliphatic rings. The zero-order valence-corrected chi connectivity index (χ0v) is 29.2. The molecule has 3 aromatic rings. The summed E-state index contributed by atoms with van der Waals surface area (Å²) in [7, 11) is -4.59. The molecule has 3 aromatic carbocycles. The smallest absolute Gasteiger partial charge is 0.490 e. The number of nitrogens with zero attached hydrogens (tertiary/aromatic N) is 1. The summed E-state index contributed by atoms with van der Waals surface area (Å²) in [5.74, 6) is -7.04. The summed E-state index contributed by atoms with van der Waals surface area (Å²) in [6, 6.07) is 10.5. The third-order valence-corrected chi connectivity index (χ3v) is 10.2. The zero-order chi connectivity index (χ0) is 37.6. The molecule has 5 rings (SSSR count). The Morgan fingerprint density at radius 3 is 2.20 bits per heavy atom. The molecule has 0 aromatic heterocycles. The molecule has 10 nitrogen and oxygen atoms in total. The number of fused-ring (bicyclic) bond motifs is 1. The van der Waals surface area contributed by atoms with E-state index in [1.807, 2.05) is 13.0 Å². The quantitative estimate of drug-likeness (QED) is 0.185. The maximum Gasteiger partial charge on any atom is 0.490 e. The number of rotatable bonds is 11. The largest absolute Gasteiger partial charge is 0.492 e. The molecular weight excluding hydrogens is 725 g/mol. The highest BCUT2D eigenvalue weighted by atomic mass is 35.5. The van der Waals surface area contributed by atoms with Gasteiger partial charge < -0.3 is 25.2 Å². The molecular formula is C34H39ClF5N3O7S. The number of carboxylic acid groups (broad SMARTS) is 1. The van der Waals surface area contributed by atoms with Crippen LogP contribution in [0.2, 0.25) is 5.02 Å². The number of hydrogen-bond donors (Lipinski definition) is 3. The summed E-state index contributed by atoms with van der Waals surface area (Å²) in [5.41, 5.74) is 5.36. The number of amides is 1. The van der Waals surface area contributed by atoms with E-state index in [9.17, 15) is 26.4 Å². The molecule has 2 fully saturated rings. The lowest BCUT2D eigenvalue weighted by Gasteiger charge is -2.35. The maximum absolute atomic E-state index is 16.3. The van der Waals surface area contributed by atoms with Gasteiger partial charge >= 0.3 is 12.1 Å². The van der Waals surface area contributed by atoms with Crippen molar-refractivity contribution in [2.45, 2.75) is 87.1 Å². The first kappa shape index (κ1) is 40.0. The summed E-state index contributed by atoms with van der Waals surface area (Å²) in [4.78, 5) is 23.5. The van der Waals surface area contributed by atoms with Gasteiger partial charge in [-0.25, -0.2) is 13.2 Å². The summed E-state index contributed by atoms with van der Waals surface area (Å²) in [5, 5.41) is 8.57. The molecule has 17 heteroatoms. The molecule has 0 unspecified atom stereocenters. The Kier molecular flexibility index (Phi) is 13.1. The Morgan fingerprint density at radius 2 is 1.59 bits per heavy atom. The van der Waals surface area contributed by atoms with E-state index in [2.05, 4.69) is 4.72 Å². The Bertz CT molecular complexity index is 1800. The van der Waals surface area contributed by atoms with Gasteiger partial charge in [0.05, 0.1) is 22.6 Å². The normalized spacial score (nSPS) is 16.7. The lowest BCUT2D eigenvalue weighted by atomic mass is 9.98. The molecule has 1 saturated heterocycles. The van der Waals surface area contributed by atoms with Crippen molar-refractivity contribution in [2.24, 2.45) is 5.73 Å². The average Bonchev–Trinajstić information content (AvgIpc) is 3.59. The first-order valence-electron chi connectivity index (χ1n) is 16.3. The fourth-order valence-corrected chi connectivity index (χ4v) is 7.04. The Labute approximate surface area is 297 Å². The number of sulfonamides is 1. The highest BCUT2D eigenvalue weighted by Gasteiger charge is 2.50. The van der Waals surface area contributed by atoms with Gasteiger partial charge in [-0.3, -0.25) is 4.79 Å². The van der Waals surface area contributed by atoms with Crippen LogP contribution in [-0.4, -0.2) is 74.4 Å². The maximum atomic E-state index is 16.3. The lowest BCUT2D eigenvalue weighted by molar-refractivity contribution is -0.192. The number of carboxylic acids is 1. The molecule has 0 bridgehead atoms. The molecule has 0 spiro atoms. The highest BCUT2D eigenvalue weighted by molar-refractivity contribution is 7.89. The molecule has 1 aliphatic heterocycles. The fraction of sp³-hybridized carbons (Fsp3) is 0.471. The minimum Gasteiger partial charge on any atom is -0.492 e. The van der Waals surface area contributed by atoms with E-state index in [4.69, 9.17) is 36.7 Å². The van der Waals surface area contributed by atoms with Gasteiger partial charge in [-0.2, -0.15) is 26.7 Å². The van der Waals surface area contributed by atoms with E-state index in [1.54, 1.807) is 18.2 Å². The van der Waals surface area contributed by atoms with Crippen LogP contribution in [0.4, 0.5) is 22.0 Å². The second-order valence-corrected chi connectivity index (χ2v) is 14.5. The third-order valence-electron chi connectivity index (χ3n) is 8.45. The van der Waals surface area contributed by atoms with Gasteiger partial charge in [0.2, 0.25) is 15.9 Å². The van der Waals surface area contributed by atoms with Crippen LogP contribution in [-0.2, 0) is 25.5 Å². The van der Waals surface area contributed by atoms with E-state index in [1.165, 1.54) is 23.1 Å². The van der Waals surface area contributed by atoms with Crippen molar-refractivity contribution in [1.82, 2.24) is 9.62 Å². The number of ether oxygens (including phenoxy) is 2. The van der Waals surface area contributed by atoms with Crippen molar-refractivity contribution in [3.8, 4) is 11.5 Å². The topological polar surface area (TPSA) is 148 Å². The number of piperidine rings is 1.